The van der Waals surface area contributed by atoms with E-state index in [1.807, 2.05) is 0 Å². The predicted molar refractivity (Wildman–Crippen MR) is 100 cm³/mol. The van der Waals surface area contributed by atoms with E-state index in [4.69, 9.17) is 4.74 Å². The predicted octanol–water partition coefficient (Wildman–Crippen LogP) is 1.88. The largest absolute Gasteiger partial charge is 0.447 e. The van der Waals surface area contributed by atoms with Gasteiger partial charge in [0.1, 0.15) is 6.61 Å². The Hall–Kier alpha value is -3.42. The number of nitrogens with one attached hydrogen (secondary N) is 1. The minimum atomic E-state index is -3.81. The highest BCUT2D eigenvalue weighted by atomic mass is 32.2. The molecule has 1 aliphatic rings. The lowest BCUT2D eigenvalue weighted by molar-refractivity contribution is -0.384. The number of rotatable bonds is 5. The van der Waals surface area contributed by atoms with Gasteiger partial charge in [0, 0.05) is 23.4 Å². The molecule has 0 saturated carbocycles. The lowest BCUT2D eigenvalue weighted by Gasteiger charge is -2.11. The zero-order valence-electron chi connectivity index (χ0n) is 14.5. The molecule has 0 aliphatic carbocycles. The van der Waals surface area contributed by atoms with E-state index < -0.39 is 14.9 Å². The molecule has 0 aromatic heterocycles. The van der Waals surface area contributed by atoms with Crippen LogP contribution in [0.5, 0.6) is 0 Å². The Kier molecular flexibility index (Phi) is 5.58. The van der Waals surface area contributed by atoms with Crippen LogP contribution in [0.1, 0.15) is 5.56 Å². The number of hydrogen-bond acceptors (Lipinski definition) is 6. The molecule has 2 aromatic rings. The SMILES string of the molecule is O=C1OCCN1c1ccc(C#CCNS(=O)(=O)c2ccc([N+](=O)[O-])cc2)cc1. The molecule has 3 rings (SSSR count). The highest BCUT2D eigenvalue weighted by molar-refractivity contribution is 7.89. The number of carbonyl (C=O) groups excluding carboxylic acids is 1. The van der Waals surface area contributed by atoms with Gasteiger partial charge in [-0.2, -0.15) is 4.72 Å². The lowest BCUT2D eigenvalue weighted by Crippen LogP contribution is -2.24. The summed E-state index contributed by atoms with van der Waals surface area (Å²) in [5, 5.41) is 10.6. The van der Waals surface area contributed by atoms with Gasteiger partial charge in [-0.1, -0.05) is 11.8 Å². The minimum absolute atomic E-state index is 0.0817. The summed E-state index contributed by atoms with van der Waals surface area (Å²) in [5.74, 6) is 5.52. The van der Waals surface area contributed by atoms with E-state index in [0.717, 1.165) is 24.3 Å². The van der Waals surface area contributed by atoms with Crippen LogP contribution in [0.3, 0.4) is 0 Å². The number of sulfonamides is 1. The van der Waals surface area contributed by atoms with Gasteiger partial charge in [0.05, 0.1) is 22.9 Å². The molecule has 0 radical (unpaired) electrons. The van der Waals surface area contributed by atoms with Crippen LogP contribution in [0.4, 0.5) is 16.2 Å². The van der Waals surface area contributed by atoms with Gasteiger partial charge >= 0.3 is 6.09 Å². The summed E-state index contributed by atoms with van der Waals surface area (Å²) in [5.41, 5.74) is 1.17. The molecule has 0 unspecified atom stereocenters. The summed E-state index contributed by atoms with van der Waals surface area (Å²) in [6.45, 7) is 0.725. The number of carbonyl (C=O) groups is 1. The van der Waals surface area contributed by atoms with E-state index >= 15 is 0 Å². The van der Waals surface area contributed by atoms with Crippen molar-refractivity contribution >= 4 is 27.5 Å². The molecule has 1 N–H and O–H groups in total. The fraction of sp³-hybridized carbons (Fsp3) is 0.167. The van der Waals surface area contributed by atoms with Crippen molar-refractivity contribution in [3.05, 3.63) is 64.2 Å². The summed E-state index contributed by atoms with van der Waals surface area (Å²) >= 11 is 0. The smallest absolute Gasteiger partial charge is 0.414 e. The molecule has 2 aromatic carbocycles. The zero-order valence-corrected chi connectivity index (χ0v) is 15.3. The first-order chi connectivity index (χ1) is 13.4. The topological polar surface area (TPSA) is 119 Å². The number of nitro groups is 1. The first-order valence-electron chi connectivity index (χ1n) is 8.14. The standard InChI is InChI=1S/C18H15N3O6S/c22-18-20(12-13-27-18)15-5-3-14(4-6-15)2-1-11-19-28(25,26)17-9-7-16(8-10-17)21(23)24/h3-10,19H,11-13H2. The molecular formula is C18H15N3O6S. The van der Waals surface area contributed by atoms with Crippen molar-refractivity contribution in [1.82, 2.24) is 4.72 Å². The van der Waals surface area contributed by atoms with E-state index in [9.17, 15) is 23.3 Å². The van der Waals surface area contributed by atoms with Gasteiger partial charge in [0.25, 0.3) is 5.69 Å². The summed E-state index contributed by atoms with van der Waals surface area (Å²) in [6.07, 6.45) is -0.389. The molecule has 0 atom stereocenters. The van der Waals surface area contributed by atoms with Crippen LogP contribution in [-0.2, 0) is 14.8 Å². The van der Waals surface area contributed by atoms with Gasteiger partial charge < -0.3 is 4.74 Å². The number of nitro benzene ring substituents is 1. The number of nitrogens with zero attached hydrogens (tertiary/aromatic N) is 2. The van der Waals surface area contributed by atoms with Gasteiger partial charge in [0.15, 0.2) is 0 Å². The zero-order chi connectivity index (χ0) is 20.1. The average molecular weight is 401 g/mol. The maximum absolute atomic E-state index is 12.1. The first kappa shape index (κ1) is 19.3. The highest BCUT2D eigenvalue weighted by Crippen LogP contribution is 2.19. The van der Waals surface area contributed by atoms with E-state index in [1.54, 1.807) is 24.3 Å². The Morgan fingerprint density at radius 2 is 1.82 bits per heavy atom. The molecule has 10 heteroatoms. The normalized spacial score (nSPS) is 13.6. The highest BCUT2D eigenvalue weighted by Gasteiger charge is 2.23. The number of ether oxygens (including phenoxy) is 1. The van der Waals surface area contributed by atoms with Crippen LogP contribution in [0.25, 0.3) is 0 Å². The van der Waals surface area contributed by atoms with E-state index in [2.05, 4.69) is 16.6 Å². The molecule has 1 fully saturated rings. The third-order valence-electron chi connectivity index (χ3n) is 3.88. The van der Waals surface area contributed by atoms with Gasteiger partial charge in [0.2, 0.25) is 10.0 Å². The maximum Gasteiger partial charge on any atom is 0.414 e. The summed E-state index contributed by atoms with van der Waals surface area (Å²) in [7, 11) is -3.81. The summed E-state index contributed by atoms with van der Waals surface area (Å²) < 4.78 is 31.5. The quantitative estimate of drug-likeness (QED) is 0.464. The fourth-order valence-corrected chi connectivity index (χ4v) is 3.38. The number of hydrogen-bond donors (Lipinski definition) is 1. The number of non-ortho nitro benzene ring substituents is 1. The molecule has 9 nitrogen and oxygen atoms in total. The molecule has 1 heterocycles. The van der Waals surface area contributed by atoms with Crippen LogP contribution in [0.2, 0.25) is 0 Å². The van der Waals surface area contributed by atoms with Crippen molar-refractivity contribution in [2.24, 2.45) is 0 Å². The number of benzene rings is 2. The number of anilines is 1. The van der Waals surface area contributed by atoms with Crippen molar-refractivity contribution < 1.29 is 22.9 Å². The Morgan fingerprint density at radius 1 is 1.14 bits per heavy atom. The molecule has 1 amide bonds. The second-order valence-corrected chi connectivity index (χ2v) is 7.46. The van der Waals surface area contributed by atoms with Crippen molar-refractivity contribution in [2.45, 2.75) is 4.90 Å². The summed E-state index contributed by atoms with van der Waals surface area (Å²) in [6, 6.07) is 11.5. The molecule has 0 bridgehead atoms. The van der Waals surface area contributed by atoms with Crippen LogP contribution in [0, 0.1) is 22.0 Å². The molecule has 28 heavy (non-hydrogen) atoms. The first-order valence-corrected chi connectivity index (χ1v) is 9.62. The monoisotopic (exact) mass is 401 g/mol. The number of amides is 1. The number of cyclic esters (lactones) is 1. The maximum atomic E-state index is 12.1. The van der Waals surface area contributed by atoms with Crippen LogP contribution < -0.4 is 9.62 Å². The van der Waals surface area contributed by atoms with E-state index in [-0.39, 0.29) is 23.2 Å². The summed E-state index contributed by atoms with van der Waals surface area (Å²) in [4.78, 5) is 23.0. The minimum Gasteiger partial charge on any atom is -0.447 e. The Balaban J connectivity index is 1.59. The lowest BCUT2D eigenvalue weighted by atomic mass is 10.2. The van der Waals surface area contributed by atoms with E-state index in [0.29, 0.717) is 24.4 Å². The van der Waals surface area contributed by atoms with Gasteiger partial charge in [-0.05, 0) is 36.4 Å². The Labute approximate surface area is 161 Å². The van der Waals surface area contributed by atoms with Crippen LogP contribution >= 0.6 is 0 Å². The Bertz CT molecular complexity index is 1050. The molecular weight excluding hydrogens is 386 g/mol. The molecule has 1 saturated heterocycles. The van der Waals surface area contributed by atoms with Crippen LogP contribution in [0.15, 0.2) is 53.4 Å². The Morgan fingerprint density at radius 3 is 2.39 bits per heavy atom. The van der Waals surface area contributed by atoms with Gasteiger partial charge in [-0.15, -0.1) is 0 Å². The molecule has 144 valence electrons. The van der Waals surface area contributed by atoms with Crippen LogP contribution in [-0.4, -0.2) is 39.1 Å². The third kappa shape index (κ3) is 4.46. The van der Waals surface area contributed by atoms with E-state index in [1.165, 1.54) is 4.90 Å². The fourth-order valence-electron chi connectivity index (χ4n) is 2.46. The molecule has 1 aliphatic heterocycles. The van der Waals surface area contributed by atoms with Crippen molar-refractivity contribution in [1.29, 1.82) is 0 Å². The van der Waals surface area contributed by atoms with Crippen molar-refractivity contribution in [3.8, 4) is 11.8 Å². The third-order valence-corrected chi connectivity index (χ3v) is 5.30. The van der Waals surface area contributed by atoms with Crippen molar-refractivity contribution in [2.75, 3.05) is 24.6 Å². The average Bonchev–Trinajstić information content (AvgIpc) is 3.12. The second kappa shape index (κ2) is 8.08. The van der Waals surface area contributed by atoms with Crippen molar-refractivity contribution in [3.63, 3.8) is 0 Å². The van der Waals surface area contributed by atoms with Gasteiger partial charge in [-0.3, -0.25) is 15.0 Å². The second-order valence-electron chi connectivity index (χ2n) is 5.69. The molecule has 0 spiro atoms. The van der Waals surface area contributed by atoms with Gasteiger partial charge in [-0.25, -0.2) is 13.2 Å².